The van der Waals surface area contributed by atoms with Crippen LogP contribution in [0.15, 0.2) is 60.9 Å². The van der Waals surface area contributed by atoms with Gasteiger partial charge in [0, 0.05) is 18.2 Å². The Labute approximate surface area is 140 Å². The average Bonchev–Trinajstić information content (AvgIpc) is 2.98. The third kappa shape index (κ3) is 3.10. The molecule has 1 N–H and O–H groups in total. The molecule has 0 aliphatic heterocycles. The molecule has 0 radical (unpaired) electrons. The Bertz CT molecular complexity index is 881. The summed E-state index contributed by atoms with van der Waals surface area (Å²) in [5.74, 6) is -0.208. The monoisotopic (exact) mass is 319 g/mol. The van der Waals surface area contributed by atoms with Gasteiger partial charge in [0.15, 0.2) is 5.82 Å². The Balaban J connectivity index is 2.13. The van der Waals surface area contributed by atoms with E-state index in [2.05, 4.69) is 10.3 Å². The first-order valence-electron chi connectivity index (χ1n) is 7.58. The van der Waals surface area contributed by atoms with Gasteiger partial charge in [0.05, 0.1) is 0 Å². The van der Waals surface area contributed by atoms with Gasteiger partial charge < -0.3 is 5.32 Å². The van der Waals surface area contributed by atoms with Gasteiger partial charge in [0.2, 0.25) is 11.7 Å². The van der Waals surface area contributed by atoms with E-state index in [1.165, 1.54) is 6.92 Å². The fraction of sp³-hybridized carbons (Fsp3) is 0.105. The number of carbonyl (C=O) groups is 2. The molecular weight excluding hydrogens is 302 g/mol. The number of hydrogen-bond acceptors (Lipinski definition) is 3. The van der Waals surface area contributed by atoms with Crippen molar-refractivity contribution in [1.82, 2.24) is 9.55 Å². The highest BCUT2D eigenvalue weighted by molar-refractivity contribution is 6.12. The summed E-state index contributed by atoms with van der Waals surface area (Å²) in [6.45, 7) is 3.39. The molecule has 1 heterocycles. The van der Waals surface area contributed by atoms with Crippen LogP contribution in [-0.4, -0.2) is 21.2 Å². The molecule has 0 saturated heterocycles. The number of hydrogen-bond donors (Lipinski definition) is 1. The number of aryl methyl sites for hydroxylation is 1. The second kappa shape index (κ2) is 6.50. The third-order valence-electron chi connectivity index (χ3n) is 3.63. The molecule has 0 saturated carbocycles. The van der Waals surface area contributed by atoms with Gasteiger partial charge in [-0.3, -0.25) is 14.2 Å². The largest absolute Gasteiger partial charge is 0.309 e. The maximum atomic E-state index is 13.0. The quantitative estimate of drug-likeness (QED) is 0.750. The van der Waals surface area contributed by atoms with E-state index in [9.17, 15) is 9.59 Å². The summed E-state index contributed by atoms with van der Waals surface area (Å²) in [7, 11) is 0. The lowest BCUT2D eigenvalue weighted by Gasteiger charge is -2.10. The molecule has 3 aromatic rings. The highest BCUT2D eigenvalue weighted by atomic mass is 16.1. The third-order valence-corrected chi connectivity index (χ3v) is 3.63. The summed E-state index contributed by atoms with van der Waals surface area (Å²) in [5.41, 5.74) is 2.80. The number of benzene rings is 2. The van der Waals surface area contributed by atoms with Crippen LogP contribution in [0, 0.1) is 6.92 Å². The Kier molecular flexibility index (Phi) is 4.24. The Hall–Kier alpha value is -3.21. The normalized spacial score (nSPS) is 10.4. The lowest BCUT2D eigenvalue weighted by atomic mass is 10.1. The highest BCUT2D eigenvalue weighted by Gasteiger charge is 2.21. The second-order valence-electron chi connectivity index (χ2n) is 5.52. The summed E-state index contributed by atoms with van der Waals surface area (Å²) in [4.78, 5) is 28.6. The summed E-state index contributed by atoms with van der Waals surface area (Å²) in [6, 6.07) is 16.7. The van der Waals surface area contributed by atoms with Crippen LogP contribution in [0.5, 0.6) is 0 Å². The molecule has 5 nitrogen and oxygen atoms in total. The fourth-order valence-corrected chi connectivity index (χ4v) is 2.45. The van der Waals surface area contributed by atoms with Gasteiger partial charge in [0.1, 0.15) is 12.0 Å². The number of imidazole rings is 1. The molecular formula is C19H17N3O2. The molecule has 0 unspecified atom stereocenters. The average molecular weight is 319 g/mol. The van der Waals surface area contributed by atoms with Crippen LogP contribution >= 0.6 is 0 Å². The summed E-state index contributed by atoms with van der Waals surface area (Å²) in [5, 5.41) is 2.63. The lowest BCUT2D eigenvalue weighted by Crippen LogP contribution is -2.14. The van der Waals surface area contributed by atoms with Crippen LogP contribution in [0.2, 0.25) is 0 Å². The van der Waals surface area contributed by atoms with E-state index in [-0.39, 0.29) is 17.5 Å². The smallest absolute Gasteiger partial charge is 0.222 e. The van der Waals surface area contributed by atoms with Crippen molar-refractivity contribution in [1.29, 1.82) is 0 Å². The van der Waals surface area contributed by atoms with E-state index in [1.54, 1.807) is 35.2 Å². The summed E-state index contributed by atoms with van der Waals surface area (Å²) in [6.07, 6.45) is 1.55. The number of anilines is 1. The molecule has 0 aliphatic rings. The van der Waals surface area contributed by atoms with Gasteiger partial charge in [-0.15, -0.1) is 0 Å². The van der Waals surface area contributed by atoms with Crippen LogP contribution in [0.4, 0.5) is 5.82 Å². The topological polar surface area (TPSA) is 64.0 Å². The predicted octanol–water partition coefficient (Wildman–Crippen LogP) is 3.37. The molecule has 0 aliphatic carbocycles. The molecule has 3 rings (SSSR count). The standard InChI is InChI=1S/C19H17N3O2/c1-13-8-10-16(11-9-13)22-12-20-19(21-14(2)23)17(22)18(24)15-6-4-3-5-7-15/h3-12H,1-2H3,(H,21,23). The predicted molar refractivity (Wildman–Crippen MR) is 92.5 cm³/mol. The van der Waals surface area contributed by atoms with Gasteiger partial charge >= 0.3 is 0 Å². The maximum Gasteiger partial charge on any atom is 0.222 e. The van der Waals surface area contributed by atoms with Crippen LogP contribution in [0.1, 0.15) is 28.5 Å². The molecule has 0 bridgehead atoms. The lowest BCUT2D eigenvalue weighted by molar-refractivity contribution is -0.114. The van der Waals surface area contributed by atoms with Crippen molar-refractivity contribution in [2.24, 2.45) is 0 Å². The summed E-state index contributed by atoms with van der Waals surface area (Å²) < 4.78 is 1.69. The van der Waals surface area contributed by atoms with Gasteiger partial charge in [-0.2, -0.15) is 0 Å². The SMILES string of the molecule is CC(=O)Nc1ncn(-c2ccc(C)cc2)c1C(=O)c1ccccc1. The van der Waals surface area contributed by atoms with Crippen LogP contribution < -0.4 is 5.32 Å². The molecule has 0 atom stereocenters. The van der Waals surface area contributed by atoms with E-state index in [4.69, 9.17) is 0 Å². The van der Waals surface area contributed by atoms with Crippen molar-refractivity contribution in [2.45, 2.75) is 13.8 Å². The van der Waals surface area contributed by atoms with Crippen LogP contribution in [-0.2, 0) is 4.79 Å². The zero-order valence-corrected chi connectivity index (χ0v) is 13.5. The number of ketones is 1. The number of aromatic nitrogens is 2. The first kappa shape index (κ1) is 15.7. The molecule has 120 valence electrons. The van der Waals surface area contributed by atoms with Gasteiger partial charge in [-0.25, -0.2) is 4.98 Å². The van der Waals surface area contributed by atoms with Crippen molar-refractivity contribution >= 4 is 17.5 Å². The first-order valence-corrected chi connectivity index (χ1v) is 7.58. The summed E-state index contributed by atoms with van der Waals surface area (Å²) >= 11 is 0. The van der Waals surface area contributed by atoms with Crippen molar-refractivity contribution in [3.05, 3.63) is 77.7 Å². The molecule has 2 aromatic carbocycles. The molecule has 0 spiro atoms. The van der Waals surface area contributed by atoms with E-state index < -0.39 is 0 Å². The van der Waals surface area contributed by atoms with Crippen LogP contribution in [0.3, 0.4) is 0 Å². The van der Waals surface area contributed by atoms with Gasteiger partial charge in [-0.05, 0) is 19.1 Å². The molecule has 0 fully saturated rings. The molecule has 24 heavy (non-hydrogen) atoms. The van der Waals surface area contributed by atoms with Crippen molar-refractivity contribution in [3.63, 3.8) is 0 Å². The minimum atomic E-state index is -0.272. The Morgan fingerprint density at radius 3 is 2.29 bits per heavy atom. The number of rotatable bonds is 4. The van der Waals surface area contributed by atoms with E-state index in [1.807, 2.05) is 37.3 Å². The van der Waals surface area contributed by atoms with Crippen LogP contribution in [0.25, 0.3) is 5.69 Å². The number of nitrogens with one attached hydrogen (secondary N) is 1. The van der Waals surface area contributed by atoms with Crippen molar-refractivity contribution in [3.8, 4) is 5.69 Å². The van der Waals surface area contributed by atoms with E-state index >= 15 is 0 Å². The zero-order chi connectivity index (χ0) is 17.1. The van der Waals surface area contributed by atoms with E-state index in [0.717, 1.165) is 11.3 Å². The Morgan fingerprint density at radius 1 is 1.00 bits per heavy atom. The van der Waals surface area contributed by atoms with Crippen molar-refractivity contribution in [2.75, 3.05) is 5.32 Å². The molecule has 1 aromatic heterocycles. The van der Waals surface area contributed by atoms with Gasteiger partial charge in [0.25, 0.3) is 0 Å². The zero-order valence-electron chi connectivity index (χ0n) is 13.5. The Morgan fingerprint density at radius 2 is 1.67 bits per heavy atom. The maximum absolute atomic E-state index is 13.0. The second-order valence-corrected chi connectivity index (χ2v) is 5.52. The minimum absolute atomic E-state index is 0.197. The molecule has 5 heteroatoms. The number of amides is 1. The van der Waals surface area contributed by atoms with E-state index in [0.29, 0.717) is 11.3 Å². The van der Waals surface area contributed by atoms with Gasteiger partial charge in [-0.1, -0.05) is 48.0 Å². The minimum Gasteiger partial charge on any atom is -0.309 e. The van der Waals surface area contributed by atoms with Crippen molar-refractivity contribution < 1.29 is 9.59 Å². The fourth-order valence-electron chi connectivity index (χ4n) is 2.45. The first-order chi connectivity index (χ1) is 11.6. The highest BCUT2D eigenvalue weighted by Crippen LogP contribution is 2.22. The number of carbonyl (C=O) groups excluding carboxylic acids is 2. The molecule has 1 amide bonds. The number of nitrogens with zero attached hydrogens (tertiary/aromatic N) is 2.